The molecule has 1 aromatic carbocycles. The highest BCUT2D eigenvalue weighted by Gasteiger charge is 2.36. The molecule has 0 saturated carbocycles. The summed E-state index contributed by atoms with van der Waals surface area (Å²) >= 11 is 0. The van der Waals surface area contributed by atoms with Gasteiger partial charge in [0.15, 0.2) is 0 Å². The largest absolute Gasteiger partial charge is 0.345 e. The van der Waals surface area contributed by atoms with Gasteiger partial charge in [-0.2, -0.15) is 8.42 Å². The smallest absolute Gasteiger partial charge is 0.332 e. The van der Waals surface area contributed by atoms with Crippen molar-refractivity contribution >= 4 is 21.8 Å². The molecule has 6 nitrogen and oxygen atoms in total. The number of benzene rings is 1. The fourth-order valence-electron chi connectivity index (χ4n) is 3.46. The number of rotatable bonds is 2. The molecule has 2 aliphatic heterocycles. The van der Waals surface area contributed by atoms with E-state index in [0.717, 1.165) is 23.6 Å². The van der Waals surface area contributed by atoms with E-state index in [0.29, 0.717) is 5.56 Å². The van der Waals surface area contributed by atoms with Gasteiger partial charge in [0.05, 0.1) is 5.71 Å². The summed E-state index contributed by atoms with van der Waals surface area (Å²) in [5, 5.41) is 0. The van der Waals surface area contributed by atoms with Crippen molar-refractivity contribution in [1.29, 1.82) is 0 Å². The number of allylic oxidation sites excluding steroid dienone is 1. The van der Waals surface area contributed by atoms with Crippen LogP contribution in [0.5, 0.6) is 0 Å². The van der Waals surface area contributed by atoms with Crippen molar-refractivity contribution in [1.82, 2.24) is 9.21 Å². The number of halogens is 1. The number of likely N-dealkylation sites (tertiary alicyclic amines) is 1. The van der Waals surface area contributed by atoms with Gasteiger partial charge in [0, 0.05) is 24.7 Å². The second-order valence-corrected chi connectivity index (χ2v) is 8.43. The molecule has 1 saturated heterocycles. The van der Waals surface area contributed by atoms with E-state index in [9.17, 15) is 17.6 Å². The van der Waals surface area contributed by atoms with Crippen LogP contribution in [-0.2, 0) is 15.0 Å². The number of likely N-dealkylation sites (N-methyl/N-ethyl adjacent to an activating group) is 1. The lowest BCUT2D eigenvalue weighted by Crippen LogP contribution is -2.50. The minimum atomic E-state index is -4.02. The lowest BCUT2D eigenvalue weighted by atomic mass is 9.97. The summed E-state index contributed by atoms with van der Waals surface area (Å²) in [5.74, 6) is -0.758. The molecular formula is C18H22FN3O3S. The highest BCUT2D eigenvalue weighted by atomic mass is 32.2. The number of piperidine rings is 1. The highest BCUT2D eigenvalue weighted by Crippen LogP contribution is 2.28. The molecule has 2 heterocycles. The second kappa shape index (κ2) is 6.83. The molecule has 3 rings (SSSR count). The Morgan fingerprint density at radius 1 is 1.15 bits per heavy atom. The van der Waals surface area contributed by atoms with Gasteiger partial charge in [0.2, 0.25) is 0 Å². The summed E-state index contributed by atoms with van der Waals surface area (Å²) in [5.41, 5.74) is 0.622. The van der Waals surface area contributed by atoms with Gasteiger partial charge in [-0.15, -0.1) is 4.40 Å². The summed E-state index contributed by atoms with van der Waals surface area (Å²) < 4.78 is 42.7. The quantitative estimate of drug-likeness (QED) is 0.793. The molecule has 2 aliphatic rings. The van der Waals surface area contributed by atoms with Crippen molar-refractivity contribution in [2.75, 3.05) is 7.05 Å². The minimum absolute atomic E-state index is 0.0383. The molecule has 0 spiro atoms. The van der Waals surface area contributed by atoms with E-state index in [1.807, 2.05) is 13.8 Å². The van der Waals surface area contributed by atoms with Gasteiger partial charge in [-0.05, 0) is 63.5 Å². The lowest BCUT2D eigenvalue weighted by molar-refractivity contribution is -0.134. The first kappa shape index (κ1) is 18.6. The van der Waals surface area contributed by atoms with Crippen LogP contribution in [0.15, 0.2) is 40.4 Å². The zero-order chi connectivity index (χ0) is 19.1. The maximum Gasteiger partial charge on any atom is 0.345 e. The zero-order valence-electron chi connectivity index (χ0n) is 15.0. The number of carbonyl (C=O) groups is 1. The predicted octanol–water partition coefficient (Wildman–Crippen LogP) is 2.48. The maximum atomic E-state index is 13.2. The van der Waals surface area contributed by atoms with Crippen LogP contribution in [0.25, 0.3) is 0 Å². The molecule has 0 radical (unpaired) electrons. The monoisotopic (exact) mass is 379 g/mol. The number of hydrogen-bond donors (Lipinski definition) is 0. The zero-order valence-corrected chi connectivity index (χ0v) is 15.8. The average molecular weight is 379 g/mol. The number of nitrogens with zero attached hydrogens (tertiary/aromatic N) is 3. The molecule has 8 heteroatoms. The first-order valence-corrected chi connectivity index (χ1v) is 9.99. The predicted molar refractivity (Wildman–Crippen MR) is 97.3 cm³/mol. The van der Waals surface area contributed by atoms with Gasteiger partial charge in [-0.1, -0.05) is 0 Å². The van der Waals surface area contributed by atoms with Crippen LogP contribution in [0, 0.1) is 5.82 Å². The Labute approximate surface area is 153 Å². The first-order chi connectivity index (χ1) is 12.2. The second-order valence-electron chi connectivity index (χ2n) is 6.80. The van der Waals surface area contributed by atoms with Crippen molar-refractivity contribution in [3.63, 3.8) is 0 Å². The third kappa shape index (κ3) is 3.38. The van der Waals surface area contributed by atoms with Crippen LogP contribution in [0.3, 0.4) is 0 Å². The molecule has 0 N–H and O–H groups in total. The third-order valence-corrected chi connectivity index (χ3v) is 6.28. The standard InChI is InChI=1S/C18H22FN3O3S/c1-12-5-4-6-13(2)22(12)18(23)17-11-16(20-26(24,25)21(17)3)14-7-9-15(19)10-8-14/h7-13H,4-6H2,1-3H3. The molecule has 0 bridgehead atoms. The number of carbonyl (C=O) groups excluding carboxylic acids is 1. The molecular weight excluding hydrogens is 357 g/mol. The molecule has 0 aromatic heterocycles. The normalized spacial score (nSPS) is 25.5. The summed E-state index contributed by atoms with van der Waals surface area (Å²) in [7, 11) is -2.70. The Bertz CT molecular complexity index is 867. The molecule has 26 heavy (non-hydrogen) atoms. The van der Waals surface area contributed by atoms with E-state index in [4.69, 9.17) is 0 Å². The molecule has 2 atom stereocenters. The topological polar surface area (TPSA) is 70.0 Å². The SMILES string of the molecule is CC1CCCC(C)N1C(=O)C1=CC(c2ccc(F)cc2)=NS(=O)(=O)N1C. The Kier molecular flexibility index (Phi) is 4.88. The number of hydrogen-bond acceptors (Lipinski definition) is 3. The van der Waals surface area contributed by atoms with Crippen LogP contribution in [0.1, 0.15) is 38.7 Å². The Morgan fingerprint density at radius 3 is 2.31 bits per heavy atom. The Hall–Kier alpha value is -2.22. The van der Waals surface area contributed by atoms with E-state index < -0.39 is 16.0 Å². The third-order valence-electron chi connectivity index (χ3n) is 4.96. The van der Waals surface area contributed by atoms with Gasteiger partial charge >= 0.3 is 10.2 Å². The number of amides is 1. The van der Waals surface area contributed by atoms with Crippen molar-refractivity contribution in [3.05, 3.63) is 47.4 Å². The fourth-order valence-corrected chi connectivity index (χ4v) is 4.37. The molecule has 140 valence electrons. The van der Waals surface area contributed by atoms with Crippen LogP contribution >= 0.6 is 0 Å². The minimum Gasteiger partial charge on any atom is -0.332 e. The first-order valence-electron chi connectivity index (χ1n) is 8.60. The van der Waals surface area contributed by atoms with Gasteiger partial charge in [0.1, 0.15) is 11.5 Å². The van der Waals surface area contributed by atoms with E-state index in [1.165, 1.54) is 37.4 Å². The summed E-state index contributed by atoms with van der Waals surface area (Å²) in [6.45, 7) is 3.95. The molecule has 1 fully saturated rings. The van der Waals surface area contributed by atoms with Gasteiger partial charge < -0.3 is 4.90 Å². The molecule has 2 unspecified atom stereocenters. The summed E-state index contributed by atoms with van der Waals surface area (Å²) in [6.07, 6.45) is 4.28. The van der Waals surface area contributed by atoms with Crippen molar-refractivity contribution in [3.8, 4) is 0 Å². The van der Waals surface area contributed by atoms with Crippen molar-refractivity contribution in [2.24, 2.45) is 4.40 Å². The van der Waals surface area contributed by atoms with Gasteiger partial charge in [0.25, 0.3) is 5.91 Å². The van der Waals surface area contributed by atoms with Crippen LogP contribution in [0.2, 0.25) is 0 Å². The van der Waals surface area contributed by atoms with Crippen molar-refractivity contribution < 1.29 is 17.6 Å². The van der Waals surface area contributed by atoms with Crippen LogP contribution < -0.4 is 0 Å². The average Bonchev–Trinajstić information content (AvgIpc) is 2.57. The van der Waals surface area contributed by atoms with Crippen molar-refractivity contribution in [2.45, 2.75) is 45.2 Å². The Morgan fingerprint density at radius 2 is 1.73 bits per heavy atom. The molecule has 1 amide bonds. The molecule has 1 aromatic rings. The van der Waals surface area contributed by atoms with E-state index in [-0.39, 0.29) is 29.4 Å². The fraction of sp³-hybridized carbons (Fsp3) is 0.444. The molecule has 0 aliphatic carbocycles. The van der Waals surface area contributed by atoms with Crippen LogP contribution in [-0.4, -0.2) is 48.4 Å². The van der Waals surface area contributed by atoms with Crippen LogP contribution in [0.4, 0.5) is 4.39 Å². The summed E-state index contributed by atoms with van der Waals surface area (Å²) in [6, 6.07) is 5.42. The van der Waals surface area contributed by atoms with E-state index in [2.05, 4.69) is 4.40 Å². The summed E-state index contributed by atoms with van der Waals surface area (Å²) in [4.78, 5) is 14.9. The highest BCUT2D eigenvalue weighted by molar-refractivity contribution is 7.88. The van der Waals surface area contributed by atoms with E-state index >= 15 is 0 Å². The van der Waals surface area contributed by atoms with Gasteiger partial charge in [-0.25, -0.2) is 8.70 Å². The Balaban J connectivity index is 2.03. The van der Waals surface area contributed by atoms with E-state index in [1.54, 1.807) is 4.90 Å². The van der Waals surface area contributed by atoms with Gasteiger partial charge in [-0.3, -0.25) is 4.79 Å². The maximum absolute atomic E-state index is 13.2. The lowest BCUT2D eigenvalue weighted by Gasteiger charge is -2.40.